The van der Waals surface area contributed by atoms with E-state index in [1.807, 2.05) is 60.7 Å². The highest BCUT2D eigenvalue weighted by Crippen LogP contribution is 2.55. The molecule has 0 radical (unpaired) electrons. The summed E-state index contributed by atoms with van der Waals surface area (Å²) < 4.78 is 17.7. The van der Waals surface area contributed by atoms with E-state index >= 15 is 4.57 Å². The summed E-state index contributed by atoms with van der Waals surface area (Å²) in [7, 11) is -5.24. The predicted molar refractivity (Wildman–Crippen MR) is 234 cm³/mol. The average Bonchev–Trinajstić information content (AvgIpc) is 3.59. The molecule has 4 heteroatoms. The molecule has 0 fully saturated rings. The van der Waals surface area contributed by atoms with Gasteiger partial charge in [-0.05, 0) is 62.0 Å². The molecule has 9 aromatic rings. The molecule has 0 bridgehead atoms. The summed E-state index contributed by atoms with van der Waals surface area (Å²) in [5.74, 6) is 0. The fourth-order valence-electron chi connectivity index (χ4n) is 10.1. The number of hydrogen-bond acceptors (Lipinski definition) is 1. The number of para-hydroxylation sites is 3. The highest BCUT2D eigenvalue weighted by atomic mass is 31.2. The van der Waals surface area contributed by atoms with E-state index in [1.54, 1.807) is 0 Å². The highest BCUT2D eigenvalue weighted by molar-refractivity contribution is 7.85. The second kappa shape index (κ2) is 11.8. The first-order valence-corrected chi connectivity index (χ1v) is 23.8. The van der Waals surface area contributed by atoms with Crippen LogP contribution in [0.4, 0.5) is 0 Å². The molecule has 262 valence electrons. The normalized spacial score (nSPS) is 16.5. The zero-order valence-corrected chi connectivity index (χ0v) is 32.7. The Hall–Kier alpha value is -5.99. The van der Waals surface area contributed by atoms with Gasteiger partial charge < -0.3 is 9.13 Å². The monoisotopic (exact) mass is 739 g/mol. The molecule has 1 aromatic heterocycles. The maximum absolute atomic E-state index is 15.2. The van der Waals surface area contributed by atoms with Gasteiger partial charge in [-0.25, -0.2) is 0 Å². The van der Waals surface area contributed by atoms with Crippen molar-refractivity contribution in [1.82, 2.24) is 4.57 Å². The molecular weight excluding hydrogens is 702 g/mol. The summed E-state index contributed by atoms with van der Waals surface area (Å²) in [5, 5.41) is 8.06. The van der Waals surface area contributed by atoms with Crippen molar-refractivity contribution in [2.24, 2.45) is 0 Å². The molecule has 3 heterocycles. The van der Waals surface area contributed by atoms with Gasteiger partial charge in [-0.15, -0.1) is 0 Å². The third kappa shape index (κ3) is 4.28. The van der Waals surface area contributed by atoms with Crippen molar-refractivity contribution in [3.05, 3.63) is 216 Å². The molecule has 0 amide bonds. The summed E-state index contributed by atoms with van der Waals surface area (Å²) in [4.78, 5) is 0. The van der Waals surface area contributed by atoms with E-state index in [9.17, 15) is 0 Å². The van der Waals surface area contributed by atoms with Crippen molar-refractivity contribution in [1.29, 1.82) is 0 Å². The number of aromatic nitrogens is 1. The van der Waals surface area contributed by atoms with Crippen LogP contribution in [0.2, 0.25) is 13.1 Å². The number of fused-ring (bicyclic) bond motifs is 11. The number of nitrogens with zero attached hydrogens (tertiary/aromatic N) is 1. The van der Waals surface area contributed by atoms with Gasteiger partial charge in [0.05, 0.1) is 22.1 Å². The van der Waals surface area contributed by atoms with Crippen LogP contribution in [-0.2, 0) is 9.98 Å². The Morgan fingerprint density at radius 1 is 0.455 bits per heavy atom. The minimum atomic E-state index is -3.09. The third-order valence-corrected chi connectivity index (χ3v) is 19.2. The lowest BCUT2D eigenvalue weighted by atomic mass is 9.62. The van der Waals surface area contributed by atoms with Gasteiger partial charge in [-0.1, -0.05) is 189 Å². The summed E-state index contributed by atoms with van der Waals surface area (Å²) in [6.45, 7) is 5.03. The fraction of sp³-hybridized carbons (Fsp3) is 0.0588. The van der Waals surface area contributed by atoms with Gasteiger partial charge in [0, 0.05) is 26.7 Å². The van der Waals surface area contributed by atoms with Crippen molar-refractivity contribution in [3.8, 4) is 16.8 Å². The van der Waals surface area contributed by atoms with Gasteiger partial charge in [0.15, 0.2) is 7.14 Å². The molecule has 2 nitrogen and oxygen atoms in total. The van der Waals surface area contributed by atoms with Crippen molar-refractivity contribution >= 4 is 63.3 Å². The predicted octanol–water partition coefficient (Wildman–Crippen LogP) is 9.92. The molecular formula is C51H38NOPSi. The van der Waals surface area contributed by atoms with Crippen molar-refractivity contribution in [2.75, 3.05) is 0 Å². The first-order chi connectivity index (χ1) is 26.9. The molecule has 11 rings (SSSR count). The molecule has 0 saturated carbocycles. The van der Waals surface area contributed by atoms with Crippen LogP contribution in [0.25, 0.3) is 38.6 Å². The van der Waals surface area contributed by atoms with Gasteiger partial charge in [0.1, 0.15) is 8.07 Å². The third-order valence-electron chi connectivity index (χ3n) is 12.6. The fourth-order valence-corrected chi connectivity index (χ4v) is 15.9. The van der Waals surface area contributed by atoms with Crippen molar-refractivity contribution in [2.45, 2.75) is 18.5 Å². The first-order valence-electron chi connectivity index (χ1n) is 19.1. The Morgan fingerprint density at radius 3 is 1.75 bits per heavy atom. The lowest BCUT2D eigenvalue weighted by Gasteiger charge is -2.49. The van der Waals surface area contributed by atoms with Crippen LogP contribution in [0.15, 0.2) is 194 Å². The Morgan fingerprint density at radius 2 is 1.00 bits per heavy atom. The Bertz CT molecular complexity index is 2990. The van der Waals surface area contributed by atoms with Crippen molar-refractivity contribution in [3.63, 3.8) is 0 Å². The topological polar surface area (TPSA) is 22.0 Å². The second-order valence-corrected chi connectivity index (χ2v) is 22.7. The van der Waals surface area contributed by atoms with E-state index in [1.165, 1.54) is 65.7 Å². The Labute approximate surface area is 322 Å². The Balaban J connectivity index is 1.18. The summed E-state index contributed by atoms with van der Waals surface area (Å²) in [6, 6.07) is 69.9. The van der Waals surface area contributed by atoms with Crippen molar-refractivity contribution < 1.29 is 4.57 Å². The van der Waals surface area contributed by atoms with E-state index in [0.29, 0.717) is 0 Å². The van der Waals surface area contributed by atoms with Crippen LogP contribution in [-0.4, -0.2) is 12.6 Å². The molecule has 1 spiro atoms. The molecule has 0 N–H and O–H groups in total. The molecule has 0 saturated heterocycles. The molecule has 1 unspecified atom stereocenters. The summed E-state index contributed by atoms with van der Waals surface area (Å²) in [6.07, 6.45) is 0. The van der Waals surface area contributed by atoms with Gasteiger partial charge in [0.25, 0.3) is 0 Å². The quantitative estimate of drug-likeness (QED) is 0.130. The lowest BCUT2D eigenvalue weighted by molar-refractivity contribution is 0.592. The van der Waals surface area contributed by atoms with E-state index in [4.69, 9.17) is 0 Å². The second-order valence-electron chi connectivity index (χ2n) is 15.6. The standard InChI is InChI=1S/C51H38NOPSi/c1-55(2)48-27-14-11-23-43(48)51(42-22-10-13-26-47(42)52-46-25-12-9-20-40(46)41-21-15-24-44(51)50(41)52)45-34-36(30-33-49(45)55)35-28-31-39(32-29-35)54(53,37-16-5-3-6-17-37)38-18-7-4-8-19-38/h3-34H,1-2H3. The molecule has 0 aliphatic carbocycles. The minimum absolute atomic E-state index is 0.527. The molecule has 8 aromatic carbocycles. The molecule has 2 aliphatic heterocycles. The van der Waals surface area contributed by atoms with E-state index in [2.05, 4.69) is 151 Å². The van der Waals surface area contributed by atoms with E-state index in [0.717, 1.165) is 21.5 Å². The Kier molecular flexibility index (Phi) is 6.93. The van der Waals surface area contributed by atoms with E-state index < -0.39 is 20.6 Å². The molecule has 1 atom stereocenters. The number of benzene rings is 8. The van der Waals surface area contributed by atoms with Crippen LogP contribution in [0.1, 0.15) is 22.3 Å². The SMILES string of the molecule is C[Si]1(C)c2ccccc2C2(c3ccccc3-n3c4ccccc4c4cccc2c43)c2cc(-c3ccc(P(=O)(c4ccccc4)c4ccccc4)cc3)ccc21. The van der Waals surface area contributed by atoms with Gasteiger partial charge in [-0.2, -0.15) is 0 Å². The van der Waals surface area contributed by atoms with Crippen LogP contribution in [0, 0.1) is 0 Å². The zero-order valence-electron chi connectivity index (χ0n) is 30.8. The summed E-state index contributed by atoms with van der Waals surface area (Å²) >= 11 is 0. The highest BCUT2D eigenvalue weighted by Gasteiger charge is 2.53. The smallest absolute Gasteiger partial charge is 0.171 e. The number of hydrogen-bond donors (Lipinski definition) is 0. The lowest BCUT2D eigenvalue weighted by Crippen LogP contribution is -2.63. The largest absolute Gasteiger partial charge is 0.309 e. The summed E-state index contributed by atoms with van der Waals surface area (Å²) in [5.41, 5.74) is 10.9. The molecule has 55 heavy (non-hydrogen) atoms. The first kappa shape index (κ1) is 32.4. The van der Waals surface area contributed by atoms with Gasteiger partial charge in [0.2, 0.25) is 0 Å². The maximum atomic E-state index is 15.2. The zero-order chi connectivity index (χ0) is 36.9. The number of rotatable bonds is 4. The van der Waals surface area contributed by atoms with E-state index in [-0.39, 0.29) is 0 Å². The van der Waals surface area contributed by atoms with Crippen LogP contribution >= 0.6 is 7.14 Å². The molecule has 2 aliphatic rings. The minimum Gasteiger partial charge on any atom is -0.309 e. The van der Waals surface area contributed by atoms with Gasteiger partial charge >= 0.3 is 0 Å². The maximum Gasteiger partial charge on any atom is 0.171 e. The van der Waals surface area contributed by atoms with Crippen LogP contribution in [0.5, 0.6) is 0 Å². The average molecular weight is 740 g/mol. The van der Waals surface area contributed by atoms with Gasteiger partial charge in [-0.3, -0.25) is 0 Å². The van der Waals surface area contributed by atoms with Crippen LogP contribution in [0.3, 0.4) is 0 Å². The van der Waals surface area contributed by atoms with Crippen LogP contribution < -0.4 is 26.3 Å².